The van der Waals surface area contributed by atoms with Crippen molar-refractivity contribution in [2.45, 2.75) is 20.4 Å². The van der Waals surface area contributed by atoms with Crippen LogP contribution in [0.4, 0.5) is 5.82 Å². The quantitative estimate of drug-likeness (QED) is 0.759. The maximum Gasteiger partial charge on any atom is 0.143 e. The van der Waals surface area contributed by atoms with E-state index in [4.69, 9.17) is 0 Å². The number of anilines is 1. The van der Waals surface area contributed by atoms with Crippen LogP contribution in [0.25, 0.3) is 11.0 Å². The Balaban J connectivity index is 2.04. The Kier molecular flexibility index (Phi) is 4.06. The first-order valence-electron chi connectivity index (χ1n) is 7.41. The molecule has 0 spiro atoms. The highest BCUT2D eigenvalue weighted by Gasteiger charge is 2.15. The molecule has 1 aromatic carbocycles. The maximum atomic E-state index is 9.43. The summed E-state index contributed by atoms with van der Waals surface area (Å²) in [5.74, 6) is 1.59. The lowest BCUT2D eigenvalue weighted by Crippen LogP contribution is -2.27. The lowest BCUT2D eigenvalue weighted by Gasteiger charge is -2.23. The summed E-state index contributed by atoms with van der Waals surface area (Å²) in [4.78, 5) is 14.4. The maximum absolute atomic E-state index is 9.43. The minimum absolute atomic E-state index is 0.0841. The molecule has 0 saturated heterocycles. The van der Waals surface area contributed by atoms with Gasteiger partial charge in [-0.15, -0.1) is 0 Å². The summed E-state index contributed by atoms with van der Waals surface area (Å²) in [6.07, 6.45) is 0. The minimum atomic E-state index is 0.0841. The van der Waals surface area contributed by atoms with Crippen LogP contribution in [0, 0.1) is 13.8 Å². The molecule has 2 N–H and O–H groups in total. The highest BCUT2D eigenvalue weighted by atomic mass is 16.3. The van der Waals surface area contributed by atoms with E-state index in [9.17, 15) is 5.11 Å². The van der Waals surface area contributed by atoms with Gasteiger partial charge in [0.2, 0.25) is 0 Å². The fourth-order valence-electron chi connectivity index (χ4n) is 2.66. The Labute approximate surface area is 129 Å². The van der Waals surface area contributed by atoms with Gasteiger partial charge in [0.05, 0.1) is 12.0 Å². The zero-order chi connectivity index (χ0) is 15.5. The number of fused-ring (bicyclic) bond motifs is 1. The van der Waals surface area contributed by atoms with Crippen molar-refractivity contribution in [3.8, 4) is 0 Å². The van der Waals surface area contributed by atoms with Gasteiger partial charge >= 0.3 is 0 Å². The number of aromatic amines is 1. The van der Waals surface area contributed by atoms with E-state index in [1.807, 2.05) is 32.0 Å². The number of nitrogens with one attached hydrogen (secondary N) is 1. The van der Waals surface area contributed by atoms with Crippen LogP contribution in [-0.4, -0.2) is 33.2 Å². The number of aliphatic hydroxyl groups is 1. The Morgan fingerprint density at radius 1 is 1.14 bits per heavy atom. The van der Waals surface area contributed by atoms with Crippen LogP contribution >= 0.6 is 0 Å². The fraction of sp³-hybridized carbons (Fsp3) is 0.294. The van der Waals surface area contributed by atoms with E-state index in [1.165, 1.54) is 5.56 Å². The van der Waals surface area contributed by atoms with Gasteiger partial charge in [-0.3, -0.25) is 0 Å². The largest absolute Gasteiger partial charge is 0.395 e. The lowest BCUT2D eigenvalue weighted by molar-refractivity contribution is 0.301. The summed E-state index contributed by atoms with van der Waals surface area (Å²) in [7, 11) is 0. The Morgan fingerprint density at radius 2 is 1.91 bits per heavy atom. The van der Waals surface area contributed by atoms with Gasteiger partial charge in [0.1, 0.15) is 17.3 Å². The summed E-state index contributed by atoms with van der Waals surface area (Å²) in [6.45, 7) is 5.22. The van der Waals surface area contributed by atoms with Crippen molar-refractivity contribution in [2.24, 2.45) is 0 Å². The third-order valence-electron chi connectivity index (χ3n) is 3.60. The number of aliphatic hydroxyl groups excluding tert-OH is 1. The van der Waals surface area contributed by atoms with Gasteiger partial charge in [0.25, 0.3) is 0 Å². The summed E-state index contributed by atoms with van der Waals surface area (Å²) in [6, 6.07) is 12.3. The number of hydrogen-bond acceptors (Lipinski definition) is 4. The molecular formula is C17H20N4O. The van der Waals surface area contributed by atoms with E-state index in [1.54, 1.807) is 0 Å². The molecule has 3 rings (SSSR count). The summed E-state index contributed by atoms with van der Waals surface area (Å²) in [5.41, 5.74) is 3.09. The van der Waals surface area contributed by atoms with E-state index in [0.29, 0.717) is 13.1 Å². The molecular weight excluding hydrogens is 276 g/mol. The van der Waals surface area contributed by atoms with E-state index in [0.717, 1.165) is 28.4 Å². The standard InChI is InChI=1S/C17H20N4O/c1-12-10-15-16(18-12)19-13(2)20-17(15)21(8-9-22)11-14-6-4-3-5-7-14/h3-7,10,22H,8-9,11H2,1-2H3,(H,18,19,20). The Bertz CT molecular complexity index is 767. The topological polar surface area (TPSA) is 65.0 Å². The van der Waals surface area contributed by atoms with Crippen LogP contribution in [0.15, 0.2) is 36.4 Å². The molecule has 0 atom stereocenters. The van der Waals surface area contributed by atoms with Crippen LogP contribution < -0.4 is 4.90 Å². The molecule has 0 aliphatic rings. The van der Waals surface area contributed by atoms with Crippen LogP contribution in [-0.2, 0) is 6.54 Å². The van der Waals surface area contributed by atoms with Crippen molar-refractivity contribution in [3.05, 3.63) is 53.5 Å². The first kappa shape index (κ1) is 14.5. The number of nitrogens with zero attached hydrogens (tertiary/aromatic N) is 3. The van der Waals surface area contributed by atoms with Crippen LogP contribution in [0.1, 0.15) is 17.1 Å². The molecule has 0 saturated carbocycles. The second-order valence-corrected chi connectivity index (χ2v) is 5.44. The van der Waals surface area contributed by atoms with Gasteiger partial charge < -0.3 is 15.0 Å². The molecule has 0 aliphatic heterocycles. The number of aryl methyl sites for hydroxylation is 2. The predicted molar refractivity (Wildman–Crippen MR) is 87.9 cm³/mol. The van der Waals surface area contributed by atoms with Crippen molar-refractivity contribution >= 4 is 16.9 Å². The normalized spacial score (nSPS) is 11.0. The first-order chi connectivity index (χ1) is 10.7. The molecule has 0 fully saturated rings. The van der Waals surface area contributed by atoms with Crippen molar-refractivity contribution in [1.29, 1.82) is 0 Å². The molecule has 0 unspecified atom stereocenters. The van der Waals surface area contributed by atoms with Gasteiger partial charge in [-0.1, -0.05) is 30.3 Å². The summed E-state index contributed by atoms with van der Waals surface area (Å²) in [5, 5.41) is 10.4. The molecule has 0 bridgehead atoms. The number of aromatic nitrogens is 3. The van der Waals surface area contributed by atoms with Crippen molar-refractivity contribution in [3.63, 3.8) is 0 Å². The van der Waals surface area contributed by atoms with Gasteiger partial charge in [-0.25, -0.2) is 9.97 Å². The molecule has 2 aromatic heterocycles. The SMILES string of the molecule is Cc1nc(N(CCO)Cc2ccccc2)c2cc(C)[nH]c2n1. The average Bonchev–Trinajstić information content (AvgIpc) is 2.87. The van der Waals surface area contributed by atoms with Crippen molar-refractivity contribution < 1.29 is 5.11 Å². The highest BCUT2D eigenvalue weighted by Crippen LogP contribution is 2.25. The molecule has 114 valence electrons. The Hall–Kier alpha value is -2.40. The van der Waals surface area contributed by atoms with Crippen LogP contribution in [0.2, 0.25) is 0 Å². The fourth-order valence-corrected chi connectivity index (χ4v) is 2.66. The molecule has 5 heteroatoms. The zero-order valence-corrected chi connectivity index (χ0v) is 12.9. The second kappa shape index (κ2) is 6.15. The van der Waals surface area contributed by atoms with E-state index >= 15 is 0 Å². The minimum Gasteiger partial charge on any atom is -0.395 e. The van der Waals surface area contributed by atoms with Gasteiger partial charge in [0, 0.05) is 18.8 Å². The van der Waals surface area contributed by atoms with Crippen molar-refractivity contribution in [2.75, 3.05) is 18.1 Å². The number of benzene rings is 1. The van der Waals surface area contributed by atoms with E-state index in [-0.39, 0.29) is 6.61 Å². The summed E-state index contributed by atoms with van der Waals surface area (Å²) < 4.78 is 0. The van der Waals surface area contributed by atoms with E-state index in [2.05, 4.69) is 38.1 Å². The average molecular weight is 296 g/mol. The second-order valence-electron chi connectivity index (χ2n) is 5.44. The van der Waals surface area contributed by atoms with Gasteiger partial charge in [-0.05, 0) is 25.5 Å². The van der Waals surface area contributed by atoms with Gasteiger partial charge in [-0.2, -0.15) is 0 Å². The molecule has 0 radical (unpaired) electrons. The number of hydrogen-bond donors (Lipinski definition) is 2. The molecule has 5 nitrogen and oxygen atoms in total. The predicted octanol–water partition coefficient (Wildman–Crippen LogP) is 2.57. The smallest absolute Gasteiger partial charge is 0.143 e. The molecule has 0 amide bonds. The molecule has 2 heterocycles. The van der Waals surface area contributed by atoms with Crippen molar-refractivity contribution in [1.82, 2.24) is 15.0 Å². The highest BCUT2D eigenvalue weighted by molar-refractivity contribution is 5.88. The third kappa shape index (κ3) is 2.94. The molecule has 22 heavy (non-hydrogen) atoms. The van der Waals surface area contributed by atoms with Gasteiger partial charge in [0.15, 0.2) is 0 Å². The zero-order valence-electron chi connectivity index (χ0n) is 12.9. The summed E-state index contributed by atoms with van der Waals surface area (Å²) >= 11 is 0. The van der Waals surface area contributed by atoms with Crippen LogP contribution in [0.3, 0.4) is 0 Å². The monoisotopic (exact) mass is 296 g/mol. The first-order valence-corrected chi connectivity index (χ1v) is 7.41. The Morgan fingerprint density at radius 3 is 2.64 bits per heavy atom. The lowest BCUT2D eigenvalue weighted by atomic mass is 10.2. The third-order valence-corrected chi connectivity index (χ3v) is 3.60. The molecule has 0 aliphatic carbocycles. The molecule has 3 aromatic rings. The number of H-pyrrole nitrogens is 1. The number of rotatable bonds is 5. The van der Waals surface area contributed by atoms with Crippen LogP contribution in [0.5, 0.6) is 0 Å². The van der Waals surface area contributed by atoms with E-state index < -0.39 is 0 Å².